The maximum atomic E-state index is 13.5. The maximum absolute atomic E-state index is 13.5. The highest BCUT2D eigenvalue weighted by Gasteiger charge is 2.30. The van der Waals surface area contributed by atoms with Crippen LogP contribution >= 0.6 is 0 Å². The predicted molar refractivity (Wildman–Crippen MR) is 125 cm³/mol. The molecule has 1 unspecified atom stereocenters. The first-order chi connectivity index (χ1) is 15.6. The lowest BCUT2D eigenvalue weighted by Gasteiger charge is -2.18. The van der Waals surface area contributed by atoms with E-state index in [1.165, 1.54) is 5.56 Å². The zero-order valence-electron chi connectivity index (χ0n) is 17.6. The number of hydrogen-bond acceptors (Lipinski definition) is 5. The highest BCUT2D eigenvalue weighted by atomic mass is 16.3. The normalized spacial score (nSPS) is 15.9. The van der Waals surface area contributed by atoms with E-state index in [-0.39, 0.29) is 18.5 Å². The van der Waals surface area contributed by atoms with Crippen molar-refractivity contribution in [3.8, 4) is 11.1 Å². The fraction of sp³-hybridized carbons (Fsp3) is 0.192. The summed E-state index contributed by atoms with van der Waals surface area (Å²) in [7, 11) is 0. The van der Waals surface area contributed by atoms with E-state index < -0.39 is 0 Å². The molecule has 1 fully saturated rings. The van der Waals surface area contributed by atoms with Crippen LogP contribution in [0.5, 0.6) is 0 Å². The van der Waals surface area contributed by atoms with E-state index in [1.807, 2.05) is 65.6 Å². The molecule has 1 atom stereocenters. The van der Waals surface area contributed by atoms with E-state index in [9.17, 15) is 9.90 Å². The van der Waals surface area contributed by atoms with Gasteiger partial charge in [0.05, 0.1) is 12.1 Å². The lowest BCUT2D eigenvalue weighted by atomic mass is 9.98. The SMILES string of the molecule is Nc1nc(C(=O)N2CCC(c3ccccc3)C2)c2cc(-c3ccccc3CO)ccc2n1. The van der Waals surface area contributed by atoms with Crippen LogP contribution in [0.25, 0.3) is 22.0 Å². The molecule has 0 spiro atoms. The molecule has 1 aliphatic heterocycles. The second-order valence-corrected chi connectivity index (χ2v) is 8.13. The molecule has 160 valence electrons. The van der Waals surface area contributed by atoms with Crippen LogP contribution in [0, 0.1) is 0 Å². The minimum atomic E-state index is -0.130. The molecule has 1 aliphatic rings. The summed E-state index contributed by atoms with van der Waals surface area (Å²) in [6.07, 6.45) is 0.920. The average molecular weight is 425 g/mol. The van der Waals surface area contributed by atoms with Crippen LogP contribution in [-0.4, -0.2) is 39.0 Å². The third-order valence-electron chi connectivity index (χ3n) is 6.16. The number of aromatic nitrogens is 2. The number of carbonyl (C=O) groups is 1. The Hall–Kier alpha value is -3.77. The highest BCUT2D eigenvalue weighted by molar-refractivity contribution is 6.05. The van der Waals surface area contributed by atoms with Gasteiger partial charge in [-0.25, -0.2) is 9.97 Å². The molecular weight excluding hydrogens is 400 g/mol. The van der Waals surface area contributed by atoms with Gasteiger partial charge in [-0.05, 0) is 40.8 Å². The van der Waals surface area contributed by atoms with Gasteiger partial charge in [-0.2, -0.15) is 0 Å². The van der Waals surface area contributed by atoms with Crippen LogP contribution in [0.15, 0.2) is 72.8 Å². The number of hydrogen-bond donors (Lipinski definition) is 2. The first-order valence-electron chi connectivity index (χ1n) is 10.7. The first-order valence-corrected chi connectivity index (χ1v) is 10.7. The Balaban J connectivity index is 1.52. The Morgan fingerprint density at radius 2 is 1.81 bits per heavy atom. The van der Waals surface area contributed by atoms with Crippen LogP contribution < -0.4 is 5.73 Å². The summed E-state index contributed by atoms with van der Waals surface area (Å²) in [6.45, 7) is 1.27. The Morgan fingerprint density at radius 1 is 1.03 bits per heavy atom. The molecule has 3 aromatic carbocycles. The number of rotatable bonds is 4. The summed E-state index contributed by atoms with van der Waals surface area (Å²) >= 11 is 0. The highest BCUT2D eigenvalue weighted by Crippen LogP contribution is 2.31. The van der Waals surface area contributed by atoms with E-state index in [4.69, 9.17) is 5.73 Å². The third-order valence-corrected chi connectivity index (χ3v) is 6.16. The summed E-state index contributed by atoms with van der Waals surface area (Å²) in [6, 6.07) is 23.7. The van der Waals surface area contributed by atoms with Crippen molar-refractivity contribution < 1.29 is 9.90 Å². The van der Waals surface area contributed by atoms with E-state index in [0.29, 0.717) is 35.6 Å². The van der Waals surface area contributed by atoms with Crippen LogP contribution in [0.4, 0.5) is 5.95 Å². The van der Waals surface area contributed by atoms with Gasteiger partial charge >= 0.3 is 0 Å². The molecule has 1 saturated heterocycles. The van der Waals surface area contributed by atoms with Gasteiger partial charge in [0.1, 0.15) is 5.69 Å². The molecule has 0 radical (unpaired) electrons. The molecule has 3 N–H and O–H groups in total. The van der Waals surface area contributed by atoms with Crippen molar-refractivity contribution in [2.45, 2.75) is 18.9 Å². The van der Waals surface area contributed by atoms with Crippen molar-refractivity contribution >= 4 is 22.8 Å². The number of amides is 1. The Bertz CT molecular complexity index is 1290. The molecule has 6 nitrogen and oxygen atoms in total. The number of aliphatic hydroxyl groups excluding tert-OH is 1. The van der Waals surface area contributed by atoms with Crippen LogP contribution in [0.3, 0.4) is 0 Å². The zero-order valence-corrected chi connectivity index (χ0v) is 17.6. The molecule has 0 saturated carbocycles. The number of nitrogens with two attached hydrogens (primary N) is 1. The molecule has 2 heterocycles. The van der Waals surface area contributed by atoms with Crippen LogP contribution in [0.1, 0.15) is 34.0 Å². The second kappa shape index (κ2) is 8.40. The Kier molecular flexibility index (Phi) is 5.29. The summed E-state index contributed by atoms with van der Waals surface area (Å²) < 4.78 is 0. The number of benzene rings is 3. The van der Waals surface area contributed by atoms with Gasteiger partial charge in [0.25, 0.3) is 5.91 Å². The molecule has 32 heavy (non-hydrogen) atoms. The van der Waals surface area contributed by atoms with Gasteiger partial charge in [-0.1, -0.05) is 60.7 Å². The lowest BCUT2D eigenvalue weighted by molar-refractivity contribution is 0.0787. The third kappa shape index (κ3) is 3.69. The molecule has 4 aromatic rings. The summed E-state index contributed by atoms with van der Waals surface area (Å²) in [5, 5.41) is 10.4. The minimum Gasteiger partial charge on any atom is -0.392 e. The molecular formula is C26H24N4O2. The second-order valence-electron chi connectivity index (χ2n) is 8.13. The predicted octanol–water partition coefficient (Wildman–Crippen LogP) is 4.00. The van der Waals surface area contributed by atoms with Crippen LogP contribution in [0.2, 0.25) is 0 Å². The van der Waals surface area contributed by atoms with Crippen molar-refractivity contribution in [1.82, 2.24) is 14.9 Å². The molecule has 5 rings (SSSR count). The zero-order chi connectivity index (χ0) is 22.1. The first kappa shape index (κ1) is 20.2. The molecule has 6 heteroatoms. The monoisotopic (exact) mass is 424 g/mol. The fourth-order valence-corrected chi connectivity index (χ4v) is 4.51. The molecule has 0 bridgehead atoms. The summed E-state index contributed by atoms with van der Waals surface area (Å²) in [5.74, 6) is 0.274. The summed E-state index contributed by atoms with van der Waals surface area (Å²) in [5.41, 5.74) is 10.8. The van der Waals surface area contributed by atoms with Gasteiger partial charge in [0.2, 0.25) is 5.95 Å². The van der Waals surface area contributed by atoms with Crippen molar-refractivity contribution in [2.24, 2.45) is 0 Å². The van der Waals surface area contributed by atoms with Gasteiger partial charge in [0, 0.05) is 24.4 Å². The lowest BCUT2D eigenvalue weighted by Crippen LogP contribution is -2.29. The van der Waals surface area contributed by atoms with Crippen molar-refractivity contribution in [1.29, 1.82) is 0 Å². The molecule has 1 aromatic heterocycles. The van der Waals surface area contributed by atoms with E-state index in [1.54, 1.807) is 0 Å². The number of fused-ring (bicyclic) bond motifs is 1. The maximum Gasteiger partial charge on any atom is 0.273 e. The average Bonchev–Trinajstić information content (AvgIpc) is 3.34. The van der Waals surface area contributed by atoms with Crippen molar-refractivity contribution in [2.75, 3.05) is 18.8 Å². The topological polar surface area (TPSA) is 92.3 Å². The van der Waals surface area contributed by atoms with E-state index >= 15 is 0 Å². The van der Waals surface area contributed by atoms with Gasteiger partial charge < -0.3 is 15.7 Å². The number of carbonyl (C=O) groups excluding carboxylic acids is 1. The number of likely N-dealkylation sites (tertiary alicyclic amines) is 1. The van der Waals surface area contributed by atoms with Gasteiger partial charge in [0.15, 0.2) is 0 Å². The van der Waals surface area contributed by atoms with E-state index in [0.717, 1.165) is 23.1 Å². The van der Waals surface area contributed by atoms with Gasteiger partial charge in [-0.3, -0.25) is 4.79 Å². The number of anilines is 1. The number of nitrogens with zero attached hydrogens (tertiary/aromatic N) is 3. The number of aliphatic hydroxyl groups is 1. The smallest absolute Gasteiger partial charge is 0.273 e. The van der Waals surface area contributed by atoms with Crippen molar-refractivity contribution in [3.63, 3.8) is 0 Å². The minimum absolute atomic E-state index is 0.0626. The van der Waals surface area contributed by atoms with Gasteiger partial charge in [-0.15, -0.1) is 0 Å². The fourth-order valence-electron chi connectivity index (χ4n) is 4.51. The van der Waals surface area contributed by atoms with E-state index in [2.05, 4.69) is 22.1 Å². The summed E-state index contributed by atoms with van der Waals surface area (Å²) in [4.78, 5) is 24.0. The molecule has 0 aliphatic carbocycles. The molecule has 1 amide bonds. The quantitative estimate of drug-likeness (QED) is 0.517. The Labute approximate surface area is 186 Å². The Morgan fingerprint density at radius 3 is 2.62 bits per heavy atom. The van der Waals surface area contributed by atoms with Crippen LogP contribution in [-0.2, 0) is 6.61 Å². The number of nitrogen functional groups attached to an aromatic ring is 1. The standard InChI is InChI=1S/C26H24N4O2/c27-26-28-23-11-10-18(21-9-5-4-8-20(21)16-31)14-22(23)24(29-26)25(32)30-13-12-19(15-30)17-6-2-1-3-7-17/h1-11,14,19,31H,12-13,15-16H2,(H2,27,28,29). The van der Waals surface area contributed by atoms with Crippen molar-refractivity contribution in [3.05, 3.63) is 89.6 Å². The largest absolute Gasteiger partial charge is 0.392 e.